The minimum absolute atomic E-state index is 0.121. The summed E-state index contributed by atoms with van der Waals surface area (Å²) in [6.45, 7) is 2.54. The van der Waals surface area contributed by atoms with E-state index < -0.39 is 5.79 Å². The van der Waals surface area contributed by atoms with Crippen LogP contribution in [-0.2, 0) is 14.3 Å². The molecule has 3 heterocycles. The van der Waals surface area contributed by atoms with Crippen LogP contribution in [0.15, 0.2) is 48.7 Å². The number of rotatable bonds is 6. The zero-order valence-corrected chi connectivity index (χ0v) is 19.1. The second kappa shape index (κ2) is 9.08. The number of carbonyl (C=O) groups excluding carboxylic acids is 1. The molecular weight excluding hydrogens is 420 g/mol. The van der Waals surface area contributed by atoms with Gasteiger partial charge in [-0.2, -0.15) is 0 Å². The number of fused-ring (bicyclic) bond motifs is 1. The molecule has 2 aliphatic heterocycles. The zero-order chi connectivity index (χ0) is 22.8. The molecule has 0 bridgehead atoms. The minimum atomic E-state index is -0.494. The Balaban J connectivity index is 1.45. The van der Waals surface area contributed by atoms with Crippen molar-refractivity contribution in [2.75, 3.05) is 40.5 Å². The molecule has 1 amide bonds. The predicted molar refractivity (Wildman–Crippen MR) is 125 cm³/mol. The number of H-pyrrole nitrogens is 1. The van der Waals surface area contributed by atoms with Crippen molar-refractivity contribution in [2.24, 2.45) is 0 Å². The van der Waals surface area contributed by atoms with Crippen molar-refractivity contribution < 1.29 is 23.7 Å². The summed E-state index contributed by atoms with van der Waals surface area (Å²) in [4.78, 5) is 18.8. The number of hydrogen-bond acceptors (Lipinski definition) is 5. The van der Waals surface area contributed by atoms with Gasteiger partial charge >= 0.3 is 0 Å². The molecule has 7 nitrogen and oxygen atoms in total. The molecule has 3 aromatic rings. The van der Waals surface area contributed by atoms with Gasteiger partial charge in [0.25, 0.3) is 0 Å². The maximum absolute atomic E-state index is 13.5. The lowest BCUT2D eigenvalue weighted by atomic mass is 9.86. The van der Waals surface area contributed by atoms with Crippen LogP contribution in [0.1, 0.15) is 36.3 Å². The van der Waals surface area contributed by atoms with Crippen molar-refractivity contribution in [3.8, 4) is 11.5 Å². The van der Waals surface area contributed by atoms with Crippen molar-refractivity contribution >= 4 is 16.8 Å². The number of nitrogens with zero attached hydrogens (tertiary/aromatic N) is 1. The molecule has 0 aliphatic carbocycles. The van der Waals surface area contributed by atoms with Gasteiger partial charge in [0.1, 0.15) is 11.5 Å². The van der Waals surface area contributed by atoms with E-state index in [9.17, 15) is 4.79 Å². The van der Waals surface area contributed by atoms with Crippen molar-refractivity contribution in [3.63, 3.8) is 0 Å². The first-order chi connectivity index (χ1) is 16.1. The van der Waals surface area contributed by atoms with Crippen molar-refractivity contribution in [3.05, 3.63) is 59.8 Å². The van der Waals surface area contributed by atoms with E-state index in [1.165, 1.54) is 0 Å². The monoisotopic (exact) mass is 450 g/mol. The van der Waals surface area contributed by atoms with Crippen LogP contribution in [0.4, 0.5) is 0 Å². The van der Waals surface area contributed by atoms with E-state index in [-0.39, 0.29) is 11.8 Å². The summed E-state index contributed by atoms with van der Waals surface area (Å²) in [6.07, 6.45) is 3.78. The Morgan fingerprint density at radius 2 is 1.82 bits per heavy atom. The van der Waals surface area contributed by atoms with Gasteiger partial charge in [-0.05, 0) is 17.7 Å². The van der Waals surface area contributed by atoms with E-state index >= 15 is 0 Å². The van der Waals surface area contributed by atoms with Crippen LogP contribution in [0.3, 0.4) is 0 Å². The molecule has 5 rings (SSSR count). The summed E-state index contributed by atoms with van der Waals surface area (Å²) in [7, 11) is 3.29. The lowest BCUT2D eigenvalue weighted by Crippen LogP contribution is -2.47. The van der Waals surface area contributed by atoms with Crippen LogP contribution in [-0.4, -0.2) is 62.1 Å². The summed E-state index contributed by atoms with van der Waals surface area (Å²) >= 11 is 0. The highest BCUT2D eigenvalue weighted by Gasteiger charge is 2.41. The zero-order valence-electron chi connectivity index (χ0n) is 19.1. The number of aromatic amines is 1. The predicted octanol–water partition coefficient (Wildman–Crippen LogP) is 4.07. The van der Waals surface area contributed by atoms with Crippen molar-refractivity contribution in [2.45, 2.75) is 31.0 Å². The van der Waals surface area contributed by atoms with Crippen LogP contribution in [0, 0.1) is 0 Å². The van der Waals surface area contributed by atoms with Gasteiger partial charge in [0, 0.05) is 67.0 Å². The number of likely N-dealkylation sites (tertiary alicyclic amines) is 1. The maximum Gasteiger partial charge on any atom is 0.223 e. The highest BCUT2D eigenvalue weighted by Crippen LogP contribution is 2.40. The number of aromatic nitrogens is 1. The normalized spacial score (nSPS) is 18.5. The second-order valence-electron chi connectivity index (χ2n) is 8.64. The summed E-state index contributed by atoms with van der Waals surface area (Å²) in [6, 6.07) is 14.0. The molecule has 1 unspecified atom stereocenters. The minimum Gasteiger partial charge on any atom is -0.497 e. The first-order valence-corrected chi connectivity index (χ1v) is 11.5. The Bertz CT molecular complexity index is 1120. The number of methoxy groups -OCH3 is 2. The highest BCUT2D eigenvalue weighted by molar-refractivity contribution is 5.86. The number of benzene rings is 2. The highest BCUT2D eigenvalue weighted by atomic mass is 16.7. The summed E-state index contributed by atoms with van der Waals surface area (Å²) in [5, 5.41) is 1.11. The van der Waals surface area contributed by atoms with Crippen molar-refractivity contribution in [1.82, 2.24) is 9.88 Å². The molecule has 1 N–H and O–H groups in total. The topological polar surface area (TPSA) is 73.0 Å². The number of ether oxygens (including phenoxy) is 4. The summed E-state index contributed by atoms with van der Waals surface area (Å²) < 4.78 is 22.8. The van der Waals surface area contributed by atoms with Gasteiger partial charge in [-0.1, -0.05) is 24.3 Å². The van der Waals surface area contributed by atoms with E-state index in [1.807, 2.05) is 41.4 Å². The fraction of sp³-hybridized carbons (Fsp3) is 0.423. The number of piperidine rings is 1. The molecule has 0 saturated carbocycles. The first kappa shape index (κ1) is 21.8. The molecule has 2 aliphatic rings. The van der Waals surface area contributed by atoms with Gasteiger partial charge in [-0.15, -0.1) is 0 Å². The molecule has 7 heteroatoms. The SMILES string of the molecule is COc1ccc(C(CC(=O)N2CCC3(CC2)OCCO3)c2c[nH]c3ccccc23)c(OC)c1. The first-order valence-electron chi connectivity index (χ1n) is 11.5. The van der Waals surface area contributed by atoms with Crippen LogP contribution in [0.5, 0.6) is 11.5 Å². The second-order valence-corrected chi connectivity index (χ2v) is 8.64. The molecule has 2 saturated heterocycles. The molecule has 2 aromatic carbocycles. The lowest BCUT2D eigenvalue weighted by molar-refractivity contribution is -0.187. The molecular formula is C26H30N2O5. The summed E-state index contributed by atoms with van der Waals surface area (Å²) in [5.41, 5.74) is 3.10. The molecule has 1 spiro atoms. The number of carbonyl (C=O) groups is 1. The third kappa shape index (κ3) is 4.18. The average Bonchev–Trinajstić information content (AvgIpc) is 3.50. The van der Waals surface area contributed by atoms with Gasteiger partial charge < -0.3 is 28.8 Å². The molecule has 174 valence electrons. The quantitative estimate of drug-likeness (QED) is 0.613. The number of para-hydroxylation sites is 1. The fourth-order valence-corrected chi connectivity index (χ4v) is 5.06. The Kier molecular flexibility index (Phi) is 6.00. The van der Waals surface area contributed by atoms with Crippen LogP contribution >= 0.6 is 0 Å². The number of nitrogens with one attached hydrogen (secondary N) is 1. The molecule has 1 atom stereocenters. The number of amides is 1. The Hall–Kier alpha value is -3.03. The number of hydrogen-bond donors (Lipinski definition) is 1. The standard InChI is InChI=1S/C26H30N2O5/c1-30-18-7-8-20(24(15-18)31-2)21(22-17-27-23-6-4-3-5-19(22)23)16-25(29)28-11-9-26(10-12-28)32-13-14-33-26/h3-8,15,17,21,27H,9-14,16H2,1-2H3. The van der Waals surface area contributed by atoms with Crippen LogP contribution < -0.4 is 9.47 Å². The van der Waals surface area contributed by atoms with E-state index in [2.05, 4.69) is 17.1 Å². The largest absolute Gasteiger partial charge is 0.497 e. The molecule has 0 radical (unpaired) electrons. The Morgan fingerprint density at radius 3 is 2.55 bits per heavy atom. The fourth-order valence-electron chi connectivity index (χ4n) is 5.06. The van der Waals surface area contributed by atoms with E-state index in [0.717, 1.165) is 27.8 Å². The van der Waals surface area contributed by atoms with Gasteiger partial charge in [0.2, 0.25) is 5.91 Å². The maximum atomic E-state index is 13.5. The summed E-state index contributed by atoms with van der Waals surface area (Å²) in [5.74, 6) is 0.896. The van der Waals surface area contributed by atoms with E-state index in [0.29, 0.717) is 51.3 Å². The van der Waals surface area contributed by atoms with Crippen LogP contribution in [0.2, 0.25) is 0 Å². The molecule has 2 fully saturated rings. The lowest BCUT2D eigenvalue weighted by Gasteiger charge is -2.38. The third-order valence-corrected chi connectivity index (χ3v) is 6.88. The average molecular weight is 451 g/mol. The Morgan fingerprint density at radius 1 is 1.06 bits per heavy atom. The Labute approximate surface area is 193 Å². The molecule has 1 aromatic heterocycles. The van der Waals surface area contributed by atoms with Gasteiger partial charge in [-0.3, -0.25) is 4.79 Å². The van der Waals surface area contributed by atoms with E-state index in [4.69, 9.17) is 18.9 Å². The van der Waals surface area contributed by atoms with Gasteiger partial charge in [0.05, 0.1) is 27.4 Å². The third-order valence-electron chi connectivity index (χ3n) is 6.88. The van der Waals surface area contributed by atoms with Crippen molar-refractivity contribution in [1.29, 1.82) is 0 Å². The van der Waals surface area contributed by atoms with E-state index in [1.54, 1.807) is 14.2 Å². The van der Waals surface area contributed by atoms with Gasteiger partial charge in [-0.25, -0.2) is 0 Å². The van der Waals surface area contributed by atoms with Crippen LogP contribution in [0.25, 0.3) is 10.9 Å². The molecule has 33 heavy (non-hydrogen) atoms. The smallest absolute Gasteiger partial charge is 0.223 e. The van der Waals surface area contributed by atoms with Gasteiger partial charge in [0.15, 0.2) is 5.79 Å².